The number of carbonyl (C=O) groups is 1. The van der Waals surface area contributed by atoms with Crippen LogP contribution >= 0.6 is 0 Å². The summed E-state index contributed by atoms with van der Waals surface area (Å²) in [6, 6.07) is 8.60. The van der Waals surface area contributed by atoms with Crippen LogP contribution in [-0.4, -0.2) is 41.1 Å². The van der Waals surface area contributed by atoms with E-state index in [2.05, 4.69) is 30.8 Å². The van der Waals surface area contributed by atoms with Crippen LogP contribution in [0.4, 0.5) is 0 Å². The summed E-state index contributed by atoms with van der Waals surface area (Å²) in [6.45, 7) is 4.24. The molecule has 0 saturated carbocycles. The Kier molecular flexibility index (Phi) is 4.35. The van der Waals surface area contributed by atoms with Crippen LogP contribution < -0.4 is 5.56 Å². The summed E-state index contributed by atoms with van der Waals surface area (Å²) in [5, 5.41) is 0.867. The zero-order valence-electron chi connectivity index (χ0n) is 15.6. The first kappa shape index (κ1) is 17.3. The standard InChI is InChI=1S/C21H26N2O3/c1-12(2)13-4-7-19-14(8-13)9-18(20(24)22-19)21(25)26-17-10-15-5-6-16(11-17)23(15)3/h4,7-9,12,15-17H,5-6,10-11H2,1-3H3,(H,22,24). The summed E-state index contributed by atoms with van der Waals surface area (Å²) in [4.78, 5) is 30.2. The van der Waals surface area contributed by atoms with Gasteiger partial charge < -0.3 is 14.6 Å². The number of hydrogen-bond donors (Lipinski definition) is 1. The molecule has 0 amide bonds. The normalized spacial score (nSPS) is 25.8. The molecule has 0 aliphatic carbocycles. The number of rotatable bonds is 3. The second kappa shape index (κ2) is 6.54. The average Bonchev–Trinajstić information content (AvgIpc) is 2.82. The molecule has 2 unspecified atom stereocenters. The van der Waals surface area contributed by atoms with Crippen LogP contribution in [0, 0.1) is 0 Å². The minimum Gasteiger partial charge on any atom is -0.459 e. The third-order valence-electron chi connectivity index (χ3n) is 6.08. The van der Waals surface area contributed by atoms with E-state index in [0.29, 0.717) is 18.0 Å². The van der Waals surface area contributed by atoms with E-state index in [1.165, 1.54) is 18.4 Å². The van der Waals surface area contributed by atoms with Gasteiger partial charge in [0.25, 0.3) is 5.56 Å². The van der Waals surface area contributed by atoms with Crippen LogP contribution in [0.15, 0.2) is 29.1 Å². The van der Waals surface area contributed by atoms with Gasteiger partial charge in [0.05, 0.1) is 0 Å². The minimum atomic E-state index is -0.503. The first-order valence-corrected chi connectivity index (χ1v) is 9.52. The van der Waals surface area contributed by atoms with Crippen molar-refractivity contribution in [1.29, 1.82) is 0 Å². The number of nitrogens with one attached hydrogen (secondary N) is 1. The SMILES string of the molecule is CC(C)c1ccc2[nH]c(=O)c(C(=O)OC3CC4CCC(C3)N4C)cc2c1. The Hall–Kier alpha value is -2.14. The van der Waals surface area contributed by atoms with E-state index < -0.39 is 5.97 Å². The van der Waals surface area contributed by atoms with Gasteiger partial charge in [-0.25, -0.2) is 4.79 Å². The maximum atomic E-state index is 12.7. The highest BCUT2D eigenvalue weighted by Crippen LogP contribution is 2.35. The van der Waals surface area contributed by atoms with Crippen molar-refractivity contribution in [3.05, 3.63) is 45.7 Å². The summed E-state index contributed by atoms with van der Waals surface area (Å²) < 4.78 is 5.73. The van der Waals surface area contributed by atoms with Crippen molar-refractivity contribution >= 4 is 16.9 Å². The summed E-state index contributed by atoms with van der Waals surface area (Å²) in [7, 11) is 2.15. The molecule has 3 heterocycles. The Morgan fingerprint density at radius 3 is 2.54 bits per heavy atom. The number of H-pyrrole nitrogens is 1. The van der Waals surface area contributed by atoms with Gasteiger partial charge in [0.2, 0.25) is 0 Å². The van der Waals surface area contributed by atoms with Crippen LogP contribution in [0.25, 0.3) is 10.9 Å². The molecule has 1 N–H and O–H groups in total. The number of esters is 1. The highest BCUT2D eigenvalue weighted by Gasteiger charge is 2.40. The molecule has 2 aromatic rings. The largest absolute Gasteiger partial charge is 0.459 e. The number of nitrogens with zero attached hydrogens (tertiary/aromatic N) is 1. The van der Waals surface area contributed by atoms with Crippen molar-refractivity contribution in [1.82, 2.24) is 9.88 Å². The second-order valence-corrected chi connectivity index (χ2v) is 8.06. The maximum Gasteiger partial charge on any atom is 0.344 e. The van der Waals surface area contributed by atoms with Crippen molar-refractivity contribution < 1.29 is 9.53 Å². The monoisotopic (exact) mass is 354 g/mol. The van der Waals surface area contributed by atoms with Crippen LogP contribution in [0.5, 0.6) is 0 Å². The summed E-state index contributed by atoms with van der Waals surface area (Å²) in [5.41, 5.74) is 1.64. The third kappa shape index (κ3) is 3.05. The first-order chi connectivity index (χ1) is 12.4. The maximum absolute atomic E-state index is 12.7. The lowest BCUT2D eigenvalue weighted by Crippen LogP contribution is -2.43. The Morgan fingerprint density at radius 2 is 1.88 bits per heavy atom. The first-order valence-electron chi connectivity index (χ1n) is 9.52. The molecular weight excluding hydrogens is 328 g/mol. The molecule has 2 atom stereocenters. The quantitative estimate of drug-likeness (QED) is 0.858. The molecule has 26 heavy (non-hydrogen) atoms. The van der Waals surface area contributed by atoms with E-state index in [1.54, 1.807) is 6.07 Å². The van der Waals surface area contributed by atoms with Crippen LogP contribution in [0.3, 0.4) is 0 Å². The second-order valence-electron chi connectivity index (χ2n) is 8.06. The number of aromatic nitrogens is 1. The predicted molar refractivity (Wildman–Crippen MR) is 102 cm³/mol. The molecule has 2 fully saturated rings. The van der Waals surface area contributed by atoms with Crippen LogP contribution in [0.2, 0.25) is 0 Å². The van der Waals surface area contributed by atoms with Crippen molar-refractivity contribution in [3.63, 3.8) is 0 Å². The van der Waals surface area contributed by atoms with Gasteiger partial charge in [-0.15, -0.1) is 0 Å². The van der Waals surface area contributed by atoms with Gasteiger partial charge >= 0.3 is 5.97 Å². The van der Waals surface area contributed by atoms with E-state index in [9.17, 15) is 9.59 Å². The number of pyridine rings is 1. The fraction of sp³-hybridized carbons (Fsp3) is 0.524. The van der Waals surface area contributed by atoms with E-state index in [4.69, 9.17) is 4.74 Å². The molecule has 2 bridgehead atoms. The lowest BCUT2D eigenvalue weighted by molar-refractivity contribution is -0.000591. The Balaban J connectivity index is 1.58. The van der Waals surface area contributed by atoms with Gasteiger partial charge in [-0.3, -0.25) is 4.79 Å². The molecule has 4 rings (SSSR count). The van der Waals surface area contributed by atoms with Gasteiger partial charge in [0.15, 0.2) is 0 Å². The van der Waals surface area contributed by atoms with Gasteiger partial charge in [0.1, 0.15) is 11.7 Å². The van der Waals surface area contributed by atoms with Crippen molar-refractivity contribution in [3.8, 4) is 0 Å². The van der Waals surface area contributed by atoms with Gasteiger partial charge in [0, 0.05) is 30.4 Å². The average molecular weight is 354 g/mol. The molecule has 5 heteroatoms. The lowest BCUT2D eigenvalue weighted by Gasteiger charge is -2.35. The molecular formula is C21H26N2O3. The van der Waals surface area contributed by atoms with Crippen molar-refractivity contribution in [2.45, 2.75) is 63.6 Å². The topological polar surface area (TPSA) is 62.4 Å². The van der Waals surface area contributed by atoms with Crippen molar-refractivity contribution in [2.75, 3.05) is 7.05 Å². The molecule has 0 radical (unpaired) electrons. The molecule has 138 valence electrons. The highest BCUT2D eigenvalue weighted by atomic mass is 16.5. The predicted octanol–water partition coefficient (Wildman–Crippen LogP) is 3.43. The number of hydrogen-bond acceptors (Lipinski definition) is 4. The zero-order chi connectivity index (χ0) is 18.4. The Bertz CT molecular complexity index is 888. The van der Waals surface area contributed by atoms with Gasteiger partial charge in [-0.1, -0.05) is 19.9 Å². The molecule has 2 saturated heterocycles. The highest BCUT2D eigenvalue weighted by molar-refractivity contribution is 5.93. The number of aromatic amines is 1. The van der Waals surface area contributed by atoms with Crippen molar-refractivity contribution in [2.24, 2.45) is 0 Å². The third-order valence-corrected chi connectivity index (χ3v) is 6.08. The smallest absolute Gasteiger partial charge is 0.344 e. The molecule has 2 aliphatic heterocycles. The van der Waals surface area contributed by atoms with E-state index in [0.717, 1.165) is 23.7 Å². The summed E-state index contributed by atoms with van der Waals surface area (Å²) in [6.07, 6.45) is 3.98. The van der Waals surface area contributed by atoms with Gasteiger partial charge in [-0.2, -0.15) is 0 Å². The fourth-order valence-electron chi connectivity index (χ4n) is 4.41. The van der Waals surface area contributed by atoms with E-state index >= 15 is 0 Å². The number of piperidine rings is 1. The summed E-state index contributed by atoms with van der Waals surface area (Å²) in [5.74, 6) is -0.117. The number of carbonyl (C=O) groups excluding carboxylic acids is 1. The van der Waals surface area contributed by atoms with Crippen LogP contribution in [-0.2, 0) is 4.74 Å². The lowest BCUT2D eigenvalue weighted by atomic mass is 10.00. The molecule has 5 nitrogen and oxygen atoms in total. The van der Waals surface area contributed by atoms with Gasteiger partial charge in [-0.05, 0) is 55.0 Å². The van der Waals surface area contributed by atoms with E-state index in [1.807, 2.05) is 18.2 Å². The molecule has 2 aliphatic rings. The number of fused-ring (bicyclic) bond motifs is 3. The fourth-order valence-corrected chi connectivity index (χ4v) is 4.41. The van der Waals surface area contributed by atoms with E-state index in [-0.39, 0.29) is 17.2 Å². The number of ether oxygens (including phenoxy) is 1. The summed E-state index contributed by atoms with van der Waals surface area (Å²) >= 11 is 0. The molecule has 1 aromatic carbocycles. The van der Waals surface area contributed by atoms with Crippen LogP contribution in [0.1, 0.15) is 61.4 Å². The Morgan fingerprint density at radius 1 is 1.19 bits per heavy atom. The zero-order valence-corrected chi connectivity index (χ0v) is 15.6. The molecule has 0 spiro atoms. The number of benzene rings is 1. The Labute approximate surface area is 153 Å². The molecule has 1 aromatic heterocycles. The minimum absolute atomic E-state index is 0.0895.